The van der Waals surface area contributed by atoms with Gasteiger partial charge in [0.1, 0.15) is 18.3 Å². The molecule has 0 aliphatic carbocycles. The van der Waals surface area contributed by atoms with Crippen molar-refractivity contribution < 1.29 is 29.3 Å². The van der Waals surface area contributed by atoms with Gasteiger partial charge in [0, 0.05) is 59.2 Å². The summed E-state index contributed by atoms with van der Waals surface area (Å²) in [5.74, 6) is -0.249. The molecular formula is C22H35N3O6. The predicted octanol–water partition coefficient (Wildman–Crippen LogP) is 0.618. The molecular weight excluding hydrogens is 402 g/mol. The second kappa shape index (κ2) is 12.7. The van der Waals surface area contributed by atoms with Gasteiger partial charge < -0.3 is 29.5 Å². The van der Waals surface area contributed by atoms with Crippen LogP contribution in [0.25, 0.3) is 0 Å². The molecule has 0 bridgehead atoms. The van der Waals surface area contributed by atoms with Crippen LogP contribution in [-0.2, 0) is 14.3 Å². The van der Waals surface area contributed by atoms with Gasteiger partial charge in [-0.3, -0.25) is 14.6 Å². The Balaban J connectivity index is 2.14. The molecule has 9 heteroatoms. The monoisotopic (exact) mass is 437 g/mol. The highest BCUT2D eigenvalue weighted by atomic mass is 16.5. The number of pyridine rings is 1. The zero-order valence-electron chi connectivity index (χ0n) is 18.7. The number of aliphatic hydroxyl groups is 2. The molecule has 1 aliphatic rings. The van der Waals surface area contributed by atoms with Crippen molar-refractivity contribution in [3.8, 4) is 0 Å². The molecule has 0 unspecified atom stereocenters. The third-order valence-electron chi connectivity index (χ3n) is 5.44. The van der Waals surface area contributed by atoms with E-state index in [2.05, 4.69) is 4.98 Å². The van der Waals surface area contributed by atoms with E-state index in [0.717, 1.165) is 12.0 Å². The molecule has 2 rings (SSSR count). The average molecular weight is 438 g/mol. The van der Waals surface area contributed by atoms with E-state index < -0.39 is 18.3 Å². The van der Waals surface area contributed by atoms with Crippen LogP contribution in [0.1, 0.15) is 42.1 Å². The summed E-state index contributed by atoms with van der Waals surface area (Å²) in [6.45, 7) is 5.32. The molecule has 0 saturated carbocycles. The Morgan fingerprint density at radius 3 is 2.52 bits per heavy atom. The summed E-state index contributed by atoms with van der Waals surface area (Å²) in [7, 11) is 1.43. The van der Waals surface area contributed by atoms with E-state index in [1.54, 1.807) is 22.2 Å². The molecule has 31 heavy (non-hydrogen) atoms. The SMILES string of the molecule is CO[C@H]1CN(C(C)=O)CCCN(C(=O)c2cncc(C)c2)CCCCOC[C@H](O)[C@@H]1O. The highest BCUT2D eigenvalue weighted by Crippen LogP contribution is 2.12. The van der Waals surface area contributed by atoms with Gasteiger partial charge in [-0.2, -0.15) is 0 Å². The molecule has 0 radical (unpaired) electrons. The molecule has 2 heterocycles. The van der Waals surface area contributed by atoms with Gasteiger partial charge in [0.25, 0.3) is 5.91 Å². The van der Waals surface area contributed by atoms with Gasteiger partial charge in [-0.15, -0.1) is 0 Å². The lowest BCUT2D eigenvalue weighted by molar-refractivity contribution is -0.136. The molecule has 2 N–H and O–H groups in total. The Hall–Kier alpha value is -2.07. The largest absolute Gasteiger partial charge is 0.388 e. The highest BCUT2D eigenvalue weighted by Gasteiger charge is 2.29. The Bertz CT molecular complexity index is 716. The fourth-order valence-corrected chi connectivity index (χ4v) is 3.60. The summed E-state index contributed by atoms with van der Waals surface area (Å²) in [6, 6.07) is 1.82. The lowest BCUT2D eigenvalue weighted by atomic mass is 10.1. The molecule has 1 aromatic rings. The minimum Gasteiger partial charge on any atom is -0.388 e. The van der Waals surface area contributed by atoms with Crippen molar-refractivity contribution in [3.63, 3.8) is 0 Å². The number of hydrogen-bond acceptors (Lipinski definition) is 7. The van der Waals surface area contributed by atoms with E-state index in [0.29, 0.717) is 44.6 Å². The quantitative estimate of drug-likeness (QED) is 0.697. The molecule has 9 nitrogen and oxygen atoms in total. The van der Waals surface area contributed by atoms with E-state index in [9.17, 15) is 19.8 Å². The van der Waals surface area contributed by atoms with Crippen LogP contribution in [0.5, 0.6) is 0 Å². The number of carbonyl (C=O) groups excluding carboxylic acids is 2. The van der Waals surface area contributed by atoms with Crippen molar-refractivity contribution in [2.45, 2.75) is 51.4 Å². The summed E-state index contributed by atoms with van der Waals surface area (Å²) >= 11 is 0. The molecule has 0 spiro atoms. The Morgan fingerprint density at radius 2 is 1.84 bits per heavy atom. The minimum absolute atomic E-state index is 0.0291. The molecule has 3 atom stereocenters. The zero-order chi connectivity index (χ0) is 22.8. The summed E-state index contributed by atoms with van der Waals surface area (Å²) in [6.07, 6.45) is 2.27. The first-order valence-corrected chi connectivity index (χ1v) is 10.8. The van der Waals surface area contributed by atoms with E-state index in [1.807, 2.05) is 13.0 Å². The molecule has 1 aromatic heterocycles. The molecule has 1 aliphatic heterocycles. The fraction of sp³-hybridized carbons (Fsp3) is 0.682. The first-order valence-electron chi connectivity index (χ1n) is 10.8. The van der Waals surface area contributed by atoms with E-state index in [-0.39, 0.29) is 25.0 Å². The van der Waals surface area contributed by atoms with Crippen LogP contribution in [0.2, 0.25) is 0 Å². The number of nitrogens with zero attached hydrogens (tertiary/aromatic N) is 3. The van der Waals surface area contributed by atoms with E-state index in [4.69, 9.17) is 9.47 Å². The van der Waals surface area contributed by atoms with Crippen LogP contribution in [0.3, 0.4) is 0 Å². The van der Waals surface area contributed by atoms with Crippen LogP contribution in [0.4, 0.5) is 0 Å². The lowest BCUT2D eigenvalue weighted by Gasteiger charge is -2.31. The Labute approximate surface area is 184 Å². The van der Waals surface area contributed by atoms with Crippen molar-refractivity contribution in [1.82, 2.24) is 14.8 Å². The number of methoxy groups -OCH3 is 1. The predicted molar refractivity (Wildman–Crippen MR) is 115 cm³/mol. The lowest BCUT2D eigenvalue weighted by Crippen LogP contribution is -2.48. The van der Waals surface area contributed by atoms with Gasteiger partial charge in [-0.1, -0.05) is 0 Å². The van der Waals surface area contributed by atoms with Crippen LogP contribution in [0, 0.1) is 6.92 Å². The van der Waals surface area contributed by atoms with Gasteiger partial charge >= 0.3 is 0 Å². The second-order valence-electron chi connectivity index (χ2n) is 7.98. The maximum atomic E-state index is 13.0. The standard InChI is InChI=1S/C22H35N3O6/c1-16-11-18(13-23-12-16)22(29)24-7-4-5-10-31-15-19(27)21(28)20(30-3)14-25(17(2)26)9-6-8-24/h11-13,19-21,27-28H,4-10,14-15H2,1-3H3/t19-,20-,21-/m0/s1. The smallest absolute Gasteiger partial charge is 0.255 e. The van der Waals surface area contributed by atoms with E-state index >= 15 is 0 Å². The highest BCUT2D eigenvalue weighted by molar-refractivity contribution is 5.94. The molecule has 1 saturated heterocycles. The third-order valence-corrected chi connectivity index (χ3v) is 5.44. The van der Waals surface area contributed by atoms with Gasteiger partial charge in [0.05, 0.1) is 12.2 Å². The first-order chi connectivity index (χ1) is 14.8. The normalized spacial score (nSPS) is 24.9. The van der Waals surface area contributed by atoms with Gasteiger partial charge in [-0.25, -0.2) is 0 Å². The minimum atomic E-state index is -1.18. The maximum Gasteiger partial charge on any atom is 0.255 e. The van der Waals surface area contributed by atoms with Crippen molar-refractivity contribution >= 4 is 11.8 Å². The van der Waals surface area contributed by atoms with Crippen molar-refractivity contribution in [2.24, 2.45) is 0 Å². The molecule has 1 fully saturated rings. The zero-order valence-corrected chi connectivity index (χ0v) is 18.7. The number of rotatable bonds is 2. The third kappa shape index (κ3) is 7.84. The van der Waals surface area contributed by atoms with Crippen LogP contribution >= 0.6 is 0 Å². The molecule has 0 aromatic carbocycles. The number of aromatic nitrogens is 1. The van der Waals surface area contributed by atoms with E-state index in [1.165, 1.54) is 14.0 Å². The summed E-state index contributed by atoms with van der Waals surface area (Å²) in [4.78, 5) is 32.6. The fourth-order valence-electron chi connectivity index (χ4n) is 3.60. The maximum absolute atomic E-state index is 13.0. The van der Waals surface area contributed by atoms with Gasteiger partial charge in [-0.05, 0) is 37.8 Å². The Kier molecular flexibility index (Phi) is 10.3. The Morgan fingerprint density at radius 1 is 1.13 bits per heavy atom. The van der Waals surface area contributed by atoms with Crippen molar-refractivity contribution in [1.29, 1.82) is 0 Å². The van der Waals surface area contributed by atoms with Crippen LogP contribution < -0.4 is 0 Å². The first kappa shape index (κ1) is 25.2. The summed E-state index contributed by atoms with van der Waals surface area (Å²) < 4.78 is 10.8. The number of aryl methyl sites for hydroxylation is 1. The number of carbonyl (C=O) groups is 2. The van der Waals surface area contributed by atoms with Gasteiger partial charge in [0.2, 0.25) is 5.91 Å². The van der Waals surface area contributed by atoms with Gasteiger partial charge in [0.15, 0.2) is 0 Å². The topological polar surface area (TPSA) is 112 Å². The van der Waals surface area contributed by atoms with Crippen LogP contribution in [-0.4, -0.2) is 102 Å². The number of aliphatic hydroxyl groups excluding tert-OH is 2. The second-order valence-corrected chi connectivity index (χ2v) is 7.98. The van der Waals surface area contributed by atoms with Crippen LogP contribution in [0.15, 0.2) is 18.5 Å². The molecule has 174 valence electrons. The number of hydrogen-bond donors (Lipinski definition) is 2. The summed E-state index contributed by atoms with van der Waals surface area (Å²) in [5.41, 5.74) is 1.46. The molecule has 2 amide bonds. The van der Waals surface area contributed by atoms with Crippen molar-refractivity contribution in [3.05, 3.63) is 29.6 Å². The number of amides is 2. The number of ether oxygens (including phenoxy) is 2. The average Bonchev–Trinajstić information content (AvgIpc) is 2.75. The summed E-state index contributed by atoms with van der Waals surface area (Å²) in [5, 5.41) is 20.6. The van der Waals surface area contributed by atoms with Crippen molar-refractivity contribution in [2.75, 3.05) is 46.5 Å².